The maximum atomic E-state index is 11.8. The van der Waals surface area contributed by atoms with E-state index < -0.39 is 12.1 Å². The number of urea groups is 1. The van der Waals surface area contributed by atoms with Crippen molar-refractivity contribution >= 4 is 22.5 Å². The second-order valence-electron chi connectivity index (χ2n) is 4.29. The molecule has 1 aliphatic rings. The zero-order valence-electron chi connectivity index (χ0n) is 9.91. The number of amides is 2. The first-order valence-corrected chi connectivity index (χ1v) is 6.71. The fourth-order valence-corrected chi connectivity index (χ4v) is 2.69. The van der Waals surface area contributed by atoms with E-state index in [0.29, 0.717) is 11.6 Å². The van der Waals surface area contributed by atoms with Gasteiger partial charge in [-0.05, 0) is 11.1 Å². The number of rotatable bonds is 2. The lowest BCUT2D eigenvalue weighted by Gasteiger charge is -2.17. The van der Waals surface area contributed by atoms with E-state index in [1.54, 1.807) is 0 Å². The number of fused-ring (bicyclic) bond motifs is 1. The van der Waals surface area contributed by atoms with Gasteiger partial charge >= 0.3 is 6.03 Å². The molecule has 0 unspecified atom stereocenters. The summed E-state index contributed by atoms with van der Waals surface area (Å²) in [6.07, 6.45) is -0.0440. The van der Waals surface area contributed by atoms with Gasteiger partial charge in [0.25, 0.3) is 0 Å². The minimum Gasteiger partial charge on any atom is -0.390 e. The van der Waals surface area contributed by atoms with Crippen LogP contribution in [-0.2, 0) is 6.42 Å². The van der Waals surface area contributed by atoms with Gasteiger partial charge in [0.05, 0.1) is 12.1 Å². The van der Waals surface area contributed by atoms with Gasteiger partial charge in [0.2, 0.25) is 5.13 Å². The molecule has 0 aliphatic heterocycles. The first-order valence-electron chi connectivity index (χ1n) is 5.83. The third kappa shape index (κ3) is 2.42. The van der Waals surface area contributed by atoms with Crippen LogP contribution >= 0.6 is 11.3 Å². The van der Waals surface area contributed by atoms with Gasteiger partial charge in [-0.25, -0.2) is 4.79 Å². The van der Waals surface area contributed by atoms with Gasteiger partial charge in [0, 0.05) is 6.42 Å². The maximum absolute atomic E-state index is 11.8. The van der Waals surface area contributed by atoms with Crippen molar-refractivity contribution in [3.05, 3.63) is 40.9 Å². The summed E-state index contributed by atoms with van der Waals surface area (Å²) >= 11 is 1.24. The molecule has 0 bridgehead atoms. The highest BCUT2D eigenvalue weighted by Gasteiger charge is 2.31. The number of hydrogen-bond donors (Lipinski definition) is 3. The number of carbonyl (C=O) groups excluding carboxylic acids is 1. The average molecular weight is 276 g/mol. The van der Waals surface area contributed by atoms with Crippen LogP contribution in [0.1, 0.15) is 17.2 Å². The minimum absolute atomic E-state index is 0.385. The standard InChI is InChI=1S/C12H12N4O2S/c17-9-5-7-3-1-2-4-8(7)10(9)14-11(18)15-12-16-13-6-19-12/h1-4,6,9-10,17H,5H2,(H2,14,15,16,18)/t9-,10+/m0/s1. The third-order valence-corrected chi connectivity index (χ3v) is 3.68. The second-order valence-corrected chi connectivity index (χ2v) is 5.12. The van der Waals surface area contributed by atoms with Gasteiger partial charge in [-0.15, -0.1) is 10.2 Å². The molecule has 0 fully saturated rings. The van der Waals surface area contributed by atoms with Crippen LogP contribution < -0.4 is 10.6 Å². The Hall–Kier alpha value is -1.99. The van der Waals surface area contributed by atoms with Crippen LogP contribution in [0, 0.1) is 0 Å². The van der Waals surface area contributed by atoms with Crippen LogP contribution in [0.5, 0.6) is 0 Å². The Labute approximate surface area is 113 Å². The van der Waals surface area contributed by atoms with Crippen molar-refractivity contribution in [2.45, 2.75) is 18.6 Å². The fourth-order valence-electron chi connectivity index (χ4n) is 2.25. The number of nitrogens with one attached hydrogen (secondary N) is 2. The SMILES string of the molecule is O=C(Nc1nncs1)N[C@@H]1c2ccccc2C[C@@H]1O. The summed E-state index contributed by atoms with van der Waals surface area (Å²) in [4.78, 5) is 11.8. The number of anilines is 1. The van der Waals surface area contributed by atoms with E-state index in [4.69, 9.17) is 0 Å². The number of hydrogen-bond acceptors (Lipinski definition) is 5. The molecule has 3 N–H and O–H groups in total. The van der Waals surface area contributed by atoms with Crippen molar-refractivity contribution in [1.82, 2.24) is 15.5 Å². The van der Waals surface area contributed by atoms with Crippen LogP contribution in [0.2, 0.25) is 0 Å². The Balaban J connectivity index is 1.71. The molecule has 19 heavy (non-hydrogen) atoms. The summed E-state index contributed by atoms with van der Waals surface area (Å²) < 4.78 is 0. The number of nitrogens with zero attached hydrogens (tertiary/aromatic N) is 2. The lowest BCUT2D eigenvalue weighted by molar-refractivity contribution is 0.144. The molecule has 1 heterocycles. The van der Waals surface area contributed by atoms with Gasteiger partial charge in [0.15, 0.2) is 0 Å². The van der Waals surface area contributed by atoms with Gasteiger partial charge < -0.3 is 10.4 Å². The second kappa shape index (κ2) is 4.94. The van der Waals surface area contributed by atoms with E-state index in [1.165, 1.54) is 16.8 Å². The largest absolute Gasteiger partial charge is 0.390 e. The topological polar surface area (TPSA) is 87.1 Å². The van der Waals surface area contributed by atoms with Crippen LogP contribution in [-0.4, -0.2) is 27.4 Å². The van der Waals surface area contributed by atoms with Crippen molar-refractivity contribution in [1.29, 1.82) is 0 Å². The molecule has 1 aliphatic carbocycles. The van der Waals surface area contributed by atoms with Crippen LogP contribution in [0.3, 0.4) is 0 Å². The number of carbonyl (C=O) groups is 1. The predicted molar refractivity (Wildman–Crippen MR) is 71.0 cm³/mol. The van der Waals surface area contributed by atoms with E-state index in [1.807, 2.05) is 24.3 Å². The Morgan fingerprint density at radius 1 is 1.42 bits per heavy atom. The van der Waals surface area contributed by atoms with E-state index >= 15 is 0 Å². The highest BCUT2D eigenvalue weighted by Crippen LogP contribution is 2.31. The Kier molecular flexibility index (Phi) is 3.14. The van der Waals surface area contributed by atoms with Crippen LogP contribution in [0.15, 0.2) is 29.8 Å². The first kappa shape index (κ1) is 12.1. The zero-order chi connectivity index (χ0) is 13.2. The number of benzene rings is 1. The first-order chi connectivity index (χ1) is 9.24. The Morgan fingerprint density at radius 2 is 2.26 bits per heavy atom. The van der Waals surface area contributed by atoms with Crippen molar-refractivity contribution in [2.24, 2.45) is 0 Å². The maximum Gasteiger partial charge on any atom is 0.321 e. The molecule has 0 spiro atoms. The Morgan fingerprint density at radius 3 is 3.05 bits per heavy atom. The monoisotopic (exact) mass is 276 g/mol. The molecule has 6 nitrogen and oxygen atoms in total. The molecular weight excluding hydrogens is 264 g/mol. The molecule has 0 saturated carbocycles. The van der Waals surface area contributed by atoms with Crippen molar-refractivity contribution < 1.29 is 9.90 Å². The van der Waals surface area contributed by atoms with Crippen molar-refractivity contribution in [2.75, 3.05) is 5.32 Å². The van der Waals surface area contributed by atoms with Gasteiger partial charge in [0.1, 0.15) is 5.51 Å². The molecule has 0 radical (unpaired) electrons. The highest BCUT2D eigenvalue weighted by molar-refractivity contribution is 7.13. The quantitative estimate of drug-likeness (QED) is 0.772. The van der Waals surface area contributed by atoms with Crippen LogP contribution in [0.4, 0.5) is 9.93 Å². The number of aliphatic hydroxyl groups is 1. The van der Waals surface area contributed by atoms with Gasteiger partial charge in [-0.2, -0.15) is 0 Å². The Bertz CT molecular complexity index is 587. The summed E-state index contributed by atoms with van der Waals surface area (Å²) in [5.74, 6) is 0. The smallest absolute Gasteiger partial charge is 0.321 e. The number of aliphatic hydroxyl groups excluding tert-OH is 1. The van der Waals surface area contributed by atoms with Gasteiger partial charge in [-0.3, -0.25) is 5.32 Å². The lowest BCUT2D eigenvalue weighted by Crippen LogP contribution is -2.36. The summed E-state index contributed by atoms with van der Waals surface area (Å²) in [6, 6.07) is 6.93. The van der Waals surface area contributed by atoms with E-state index in [-0.39, 0.29) is 6.04 Å². The molecule has 2 aromatic rings. The molecule has 3 rings (SSSR count). The summed E-state index contributed by atoms with van der Waals surface area (Å²) in [7, 11) is 0. The zero-order valence-corrected chi connectivity index (χ0v) is 10.7. The van der Waals surface area contributed by atoms with Crippen molar-refractivity contribution in [3.8, 4) is 0 Å². The summed E-state index contributed by atoms with van der Waals surface area (Å²) in [5, 5.41) is 23.2. The number of aromatic nitrogens is 2. The lowest BCUT2D eigenvalue weighted by atomic mass is 10.1. The normalized spacial score (nSPS) is 20.9. The molecule has 2 amide bonds. The summed E-state index contributed by atoms with van der Waals surface area (Å²) in [6.45, 7) is 0. The predicted octanol–water partition coefficient (Wildman–Crippen LogP) is 1.32. The minimum atomic E-state index is -0.599. The van der Waals surface area contributed by atoms with E-state index in [0.717, 1.165) is 11.1 Å². The van der Waals surface area contributed by atoms with Crippen LogP contribution in [0.25, 0.3) is 0 Å². The third-order valence-electron chi connectivity index (χ3n) is 3.07. The van der Waals surface area contributed by atoms with E-state index in [9.17, 15) is 9.90 Å². The molecule has 1 aromatic heterocycles. The fraction of sp³-hybridized carbons (Fsp3) is 0.250. The average Bonchev–Trinajstić information content (AvgIpc) is 2.99. The summed E-state index contributed by atoms with van der Waals surface area (Å²) in [5.41, 5.74) is 3.56. The molecule has 2 atom stereocenters. The molecule has 0 saturated heterocycles. The molecule has 7 heteroatoms. The molecule has 1 aromatic carbocycles. The van der Waals surface area contributed by atoms with Gasteiger partial charge in [-0.1, -0.05) is 35.6 Å². The van der Waals surface area contributed by atoms with E-state index in [2.05, 4.69) is 20.8 Å². The molecule has 98 valence electrons. The van der Waals surface area contributed by atoms with Crippen molar-refractivity contribution in [3.63, 3.8) is 0 Å². The highest BCUT2D eigenvalue weighted by atomic mass is 32.1. The molecular formula is C12H12N4O2S.